The molecule has 1 unspecified atom stereocenters. The Morgan fingerprint density at radius 1 is 0.710 bits per heavy atom. The predicted molar refractivity (Wildman–Crippen MR) is 116 cm³/mol. The van der Waals surface area contributed by atoms with Gasteiger partial charge in [-0.15, -0.1) is 0 Å². The maximum absolute atomic E-state index is 14.9. The minimum Gasteiger partial charge on any atom is -0.368 e. The van der Waals surface area contributed by atoms with Gasteiger partial charge in [0.05, 0.1) is 6.61 Å². The van der Waals surface area contributed by atoms with Gasteiger partial charge in [0.15, 0.2) is 11.6 Å². The van der Waals surface area contributed by atoms with Crippen molar-refractivity contribution in [1.29, 1.82) is 0 Å². The van der Waals surface area contributed by atoms with Gasteiger partial charge < -0.3 is 4.74 Å². The Bertz CT molecular complexity index is 1090. The smallest absolute Gasteiger partial charge is 0.167 e. The molecule has 1 atom stereocenters. The maximum atomic E-state index is 14.9. The molecule has 2 fully saturated rings. The molecule has 3 aromatic carbocycles. The molecule has 1 saturated carbocycles. The first-order valence-corrected chi connectivity index (χ1v) is 11.0. The summed E-state index contributed by atoms with van der Waals surface area (Å²) in [6, 6.07) is 15.8. The summed E-state index contributed by atoms with van der Waals surface area (Å²) in [5, 5.41) is 0. The molecular formula is C27H25F3O. The Kier molecular flexibility index (Phi) is 5.35. The number of rotatable bonds is 4. The molecule has 1 nitrogen and oxygen atoms in total. The molecule has 3 aromatic rings. The zero-order chi connectivity index (χ0) is 21.5. The summed E-state index contributed by atoms with van der Waals surface area (Å²) in [5.41, 5.74) is 3.49. The van der Waals surface area contributed by atoms with Crippen LogP contribution < -0.4 is 0 Å². The SMILES string of the molecule is CC1CCC(c2ccc(-c3ccc(-c4ccc(C5CO5)c(F)c4F)cc3)cc2F)CC1. The molecule has 1 heterocycles. The van der Waals surface area contributed by atoms with Gasteiger partial charge in [-0.1, -0.05) is 68.3 Å². The van der Waals surface area contributed by atoms with Gasteiger partial charge in [-0.2, -0.15) is 0 Å². The highest BCUT2D eigenvalue weighted by molar-refractivity contribution is 5.71. The molecule has 0 spiro atoms. The molecule has 5 rings (SSSR count). The third kappa shape index (κ3) is 4.01. The molecular weight excluding hydrogens is 397 g/mol. The summed E-state index contributed by atoms with van der Waals surface area (Å²) in [4.78, 5) is 0. The van der Waals surface area contributed by atoms with Crippen LogP contribution in [-0.4, -0.2) is 6.61 Å². The van der Waals surface area contributed by atoms with E-state index in [4.69, 9.17) is 4.74 Å². The number of hydrogen-bond acceptors (Lipinski definition) is 1. The molecule has 0 aromatic heterocycles. The lowest BCUT2D eigenvalue weighted by Crippen LogP contribution is -2.12. The predicted octanol–water partition coefficient (Wildman–Crippen LogP) is 7.80. The highest BCUT2D eigenvalue weighted by Crippen LogP contribution is 2.38. The second-order valence-corrected chi connectivity index (χ2v) is 8.92. The number of ether oxygens (including phenoxy) is 1. The number of halogens is 3. The van der Waals surface area contributed by atoms with Crippen molar-refractivity contribution >= 4 is 0 Å². The van der Waals surface area contributed by atoms with Crippen LogP contribution in [0.15, 0.2) is 54.6 Å². The van der Waals surface area contributed by atoms with Gasteiger partial charge in [0, 0.05) is 11.1 Å². The number of hydrogen-bond donors (Lipinski definition) is 0. The molecule has 4 heteroatoms. The average Bonchev–Trinajstić information content (AvgIpc) is 3.62. The fourth-order valence-electron chi connectivity index (χ4n) is 4.71. The van der Waals surface area contributed by atoms with E-state index < -0.39 is 11.6 Å². The van der Waals surface area contributed by atoms with Crippen LogP contribution in [0.25, 0.3) is 22.3 Å². The molecule has 1 saturated heterocycles. The third-order valence-electron chi connectivity index (χ3n) is 6.78. The first-order valence-electron chi connectivity index (χ1n) is 11.0. The van der Waals surface area contributed by atoms with Crippen LogP contribution in [0, 0.1) is 23.4 Å². The highest BCUT2D eigenvalue weighted by Gasteiger charge is 2.30. The quantitative estimate of drug-likeness (QED) is 0.391. The van der Waals surface area contributed by atoms with E-state index in [9.17, 15) is 13.2 Å². The Balaban J connectivity index is 1.38. The van der Waals surface area contributed by atoms with E-state index in [0.717, 1.165) is 48.3 Å². The van der Waals surface area contributed by atoms with E-state index in [-0.39, 0.29) is 23.0 Å². The summed E-state index contributed by atoms with van der Waals surface area (Å²) < 4.78 is 48.9. The third-order valence-corrected chi connectivity index (χ3v) is 6.78. The Morgan fingerprint density at radius 3 is 1.97 bits per heavy atom. The summed E-state index contributed by atoms with van der Waals surface area (Å²) in [7, 11) is 0. The van der Waals surface area contributed by atoms with Crippen LogP contribution in [0.2, 0.25) is 0 Å². The second-order valence-electron chi connectivity index (χ2n) is 8.92. The normalized spacial score (nSPS) is 23.0. The highest BCUT2D eigenvalue weighted by atomic mass is 19.2. The average molecular weight is 422 g/mol. The van der Waals surface area contributed by atoms with Crippen LogP contribution in [-0.2, 0) is 4.74 Å². The van der Waals surface area contributed by atoms with Gasteiger partial charge >= 0.3 is 0 Å². The lowest BCUT2D eigenvalue weighted by atomic mass is 9.79. The van der Waals surface area contributed by atoms with Crippen molar-refractivity contribution in [3.63, 3.8) is 0 Å². The van der Waals surface area contributed by atoms with Crippen molar-refractivity contribution in [2.24, 2.45) is 5.92 Å². The van der Waals surface area contributed by atoms with Crippen LogP contribution in [0.1, 0.15) is 55.8 Å². The molecule has 0 bridgehead atoms. The van der Waals surface area contributed by atoms with Gasteiger partial charge in [-0.3, -0.25) is 0 Å². The lowest BCUT2D eigenvalue weighted by molar-refractivity contribution is 0.342. The minimum absolute atomic E-state index is 0.160. The monoisotopic (exact) mass is 422 g/mol. The summed E-state index contributed by atoms with van der Waals surface area (Å²) in [6.07, 6.45) is 4.05. The topological polar surface area (TPSA) is 12.5 Å². The summed E-state index contributed by atoms with van der Waals surface area (Å²) >= 11 is 0. The largest absolute Gasteiger partial charge is 0.368 e. The molecule has 160 valence electrons. The van der Waals surface area contributed by atoms with Gasteiger partial charge in [-0.05, 0) is 53.0 Å². The number of epoxide rings is 1. The van der Waals surface area contributed by atoms with Crippen molar-refractivity contribution < 1.29 is 17.9 Å². The van der Waals surface area contributed by atoms with E-state index in [0.29, 0.717) is 18.1 Å². The van der Waals surface area contributed by atoms with E-state index in [1.807, 2.05) is 24.3 Å². The zero-order valence-corrected chi connectivity index (χ0v) is 17.5. The maximum Gasteiger partial charge on any atom is 0.167 e. The fraction of sp³-hybridized carbons (Fsp3) is 0.333. The minimum atomic E-state index is -0.863. The van der Waals surface area contributed by atoms with Crippen molar-refractivity contribution in [1.82, 2.24) is 0 Å². The van der Waals surface area contributed by atoms with Crippen molar-refractivity contribution in [2.45, 2.75) is 44.6 Å². The second kappa shape index (κ2) is 8.16. The Morgan fingerprint density at radius 2 is 1.32 bits per heavy atom. The first-order chi connectivity index (χ1) is 15.0. The van der Waals surface area contributed by atoms with Crippen molar-refractivity contribution in [3.05, 3.63) is 83.2 Å². The van der Waals surface area contributed by atoms with Crippen LogP contribution >= 0.6 is 0 Å². The summed E-state index contributed by atoms with van der Waals surface area (Å²) in [5.74, 6) is -0.841. The first kappa shape index (κ1) is 20.3. The van der Waals surface area contributed by atoms with Crippen LogP contribution in [0.4, 0.5) is 13.2 Å². The number of benzene rings is 3. The lowest BCUT2D eigenvalue weighted by Gasteiger charge is -2.26. The molecule has 2 aliphatic rings. The van der Waals surface area contributed by atoms with Crippen LogP contribution in [0.3, 0.4) is 0 Å². The van der Waals surface area contributed by atoms with Crippen LogP contribution in [0.5, 0.6) is 0 Å². The van der Waals surface area contributed by atoms with Gasteiger partial charge in [0.25, 0.3) is 0 Å². The Hall–Kier alpha value is -2.59. The van der Waals surface area contributed by atoms with E-state index in [1.165, 1.54) is 0 Å². The standard InChI is InChI=1S/C27H25F3O/c1-16-2-4-18(5-3-16)21-11-10-20(14-24(21)28)17-6-8-19(9-7-17)22-12-13-23(25-15-31-25)27(30)26(22)29/h6-14,16,18,25H,2-5,15H2,1H3. The van der Waals surface area contributed by atoms with Gasteiger partial charge in [0.1, 0.15) is 11.9 Å². The molecule has 1 aliphatic carbocycles. The van der Waals surface area contributed by atoms with Gasteiger partial charge in [-0.25, -0.2) is 13.2 Å². The fourth-order valence-corrected chi connectivity index (χ4v) is 4.71. The van der Waals surface area contributed by atoms with E-state index >= 15 is 0 Å². The van der Waals surface area contributed by atoms with Gasteiger partial charge in [0.2, 0.25) is 0 Å². The molecule has 0 amide bonds. The van der Waals surface area contributed by atoms with Crippen molar-refractivity contribution in [3.8, 4) is 22.3 Å². The van der Waals surface area contributed by atoms with Crippen molar-refractivity contribution in [2.75, 3.05) is 6.61 Å². The summed E-state index contributed by atoms with van der Waals surface area (Å²) in [6.45, 7) is 2.69. The van der Waals surface area contributed by atoms with E-state index in [1.54, 1.807) is 30.3 Å². The Labute approximate surface area is 180 Å². The molecule has 0 radical (unpaired) electrons. The van der Waals surface area contributed by atoms with E-state index in [2.05, 4.69) is 6.92 Å². The molecule has 0 N–H and O–H groups in total. The zero-order valence-electron chi connectivity index (χ0n) is 17.5. The molecule has 31 heavy (non-hydrogen) atoms. The molecule has 1 aliphatic heterocycles.